The lowest BCUT2D eigenvalue weighted by molar-refractivity contribution is 0.0938. The van der Waals surface area contributed by atoms with E-state index in [2.05, 4.69) is 34.9 Å². The number of amides is 1. The maximum Gasteiger partial charge on any atom is 0.252 e. The molecule has 0 spiro atoms. The lowest BCUT2D eigenvalue weighted by Crippen LogP contribution is -2.34. The highest BCUT2D eigenvalue weighted by atomic mass is 16.5. The van der Waals surface area contributed by atoms with E-state index in [0.717, 1.165) is 42.8 Å². The molecular weight excluding hydrogens is 360 g/mol. The molecule has 29 heavy (non-hydrogen) atoms. The summed E-state index contributed by atoms with van der Waals surface area (Å²) >= 11 is 0. The average Bonchev–Trinajstić information content (AvgIpc) is 2.75. The molecule has 1 aliphatic rings. The molecule has 0 aromatic heterocycles. The van der Waals surface area contributed by atoms with E-state index in [1.807, 2.05) is 50.2 Å². The third-order valence-corrected chi connectivity index (χ3v) is 5.68. The number of hydrogen-bond acceptors (Lipinski definition) is 3. The van der Waals surface area contributed by atoms with Crippen LogP contribution in [0, 0.1) is 6.92 Å². The first-order valence-electron chi connectivity index (χ1n) is 10.4. The van der Waals surface area contributed by atoms with Crippen molar-refractivity contribution in [2.75, 3.05) is 13.1 Å². The number of carbonyl (C=O) groups excluding carboxylic acids is 1. The van der Waals surface area contributed by atoms with Gasteiger partial charge in [0.1, 0.15) is 11.9 Å². The fraction of sp³-hybridized carbons (Fsp3) is 0.320. The Hall–Kier alpha value is -2.85. The molecule has 4 rings (SSSR count). The Labute approximate surface area is 172 Å². The van der Waals surface area contributed by atoms with Crippen molar-refractivity contribution in [3.05, 3.63) is 77.4 Å². The smallest absolute Gasteiger partial charge is 0.252 e. The Balaban J connectivity index is 1.52. The number of piperidine rings is 1. The van der Waals surface area contributed by atoms with Gasteiger partial charge in [-0.25, -0.2) is 0 Å². The van der Waals surface area contributed by atoms with Crippen LogP contribution in [0.25, 0.3) is 10.8 Å². The second-order valence-corrected chi connectivity index (χ2v) is 7.81. The summed E-state index contributed by atoms with van der Waals surface area (Å²) in [4.78, 5) is 13.1. The summed E-state index contributed by atoms with van der Waals surface area (Å²) in [6, 6.07) is 20.2. The van der Waals surface area contributed by atoms with E-state index >= 15 is 0 Å². The molecule has 4 heteroatoms. The standard InChI is InChI=1S/C25H28N2O2/c1-17-10-11-21(29-20-12-14-26-15-13-20)16-24(17)25(28)27-18(2)22-9-5-7-19-6-3-4-8-23(19)22/h3-11,16,18,20,26H,12-15H2,1-2H3,(H,27,28)/t18-/m1/s1. The molecule has 0 saturated carbocycles. The molecule has 1 saturated heterocycles. The molecule has 1 fully saturated rings. The zero-order valence-electron chi connectivity index (χ0n) is 17.1. The zero-order chi connectivity index (χ0) is 20.2. The normalized spacial score (nSPS) is 15.8. The van der Waals surface area contributed by atoms with Gasteiger partial charge in [-0.05, 0) is 73.8 Å². The molecule has 3 aromatic rings. The summed E-state index contributed by atoms with van der Waals surface area (Å²) in [6.45, 7) is 5.95. The van der Waals surface area contributed by atoms with E-state index in [9.17, 15) is 4.79 Å². The Morgan fingerprint density at radius 2 is 1.83 bits per heavy atom. The Bertz CT molecular complexity index is 1000. The molecule has 3 aromatic carbocycles. The van der Waals surface area contributed by atoms with Crippen LogP contribution in [0.4, 0.5) is 0 Å². The van der Waals surface area contributed by atoms with Gasteiger partial charge < -0.3 is 15.4 Å². The highest BCUT2D eigenvalue weighted by Crippen LogP contribution is 2.25. The van der Waals surface area contributed by atoms with Crippen LogP contribution in [0.5, 0.6) is 5.75 Å². The van der Waals surface area contributed by atoms with Crippen molar-refractivity contribution in [2.45, 2.75) is 38.8 Å². The first-order chi connectivity index (χ1) is 14.1. The highest BCUT2D eigenvalue weighted by Gasteiger charge is 2.18. The third kappa shape index (κ3) is 4.43. The number of aryl methyl sites for hydroxylation is 1. The lowest BCUT2D eigenvalue weighted by atomic mass is 9.99. The molecule has 2 N–H and O–H groups in total. The second kappa shape index (κ2) is 8.66. The van der Waals surface area contributed by atoms with Crippen molar-refractivity contribution in [3.63, 3.8) is 0 Å². The number of fused-ring (bicyclic) bond motifs is 1. The van der Waals surface area contributed by atoms with E-state index < -0.39 is 0 Å². The molecule has 0 bridgehead atoms. The molecular formula is C25H28N2O2. The van der Waals surface area contributed by atoms with E-state index in [0.29, 0.717) is 5.56 Å². The van der Waals surface area contributed by atoms with E-state index in [4.69, 9.17) is 4.74 Å². The van der Waals surface area contributed by atoms with Crippen LogP contribution < -0.4 is 15.4 Å². The number of rotatable bonds is 5. The number of hydrogen-bond donors (Lipinski definition) is 2. The second-order valence-electron chi connectivity index (χ2n) is 7.81. The predicted molar refractivity (Wildman–Crippen MR) is 118 cm³/mol. The van der Waals surface area contributed by atoms with Gasteiger partial charge in [0.2, 0.25) is 0 Å². The van der Waals surface area contributed by atoms with Gasteiger partial charge in [-0.2, -0.15) is 0 Å². The maximum absolute atomic E-state index is 13.1. The van der Waals surface area contributed by atoms with Crippen molar-refractivity contribution >= 4 is 16.7 Å². The van der Waals surface area contributed by atoms with Crippen LogP contribution in [-0.4, -0.2) is 25.1 Å². The first kappa shape index (κ1) is 19.5. The van der Waals surface area contributed by atoms with Crippen molar-refractivity contribution < 1.29 is 9.53 Å². The highest BCUT2D eigenvalue weighted by molar-refractivity contribution is 5.96. The molecule has 150 valence electrons. The van der Waals surface area contributed by atoms with Crippen LogP contribution in [0.3, 0.4) is 0 Å². The van der Waals surface area contributed by atoms with E-state index in [-0.39, 0.29) is 18.1 Å². The van der Waals surface area contributed by atoms with Crippen LogP contribution >= 0.6 is 0 Å². The van der Waals surface area contributed by atoms with E-state index in [1.165, 1.54) is 10.8 Å². The van der Waals surface area contributed by atoms with Crippen LogP contribution in [0.15, 0.2) is 60.7 Å². The van der Waals surface area contributed by atoms with E-state index in [1.54, 1.807) is 0 Å². The van der Waals surface area contributed by atoms with Crippen molar-refractivity contribution in [3.8, 4) is 5.75 Å². The largest absolute Gasteiger partial charge is 0.490 e. The number of nitrogens with one attached hydrogen (secondary N) is 2. The summed E-state index contributed by atoms with van der Waals surface area (Å²) in [5.74, 6) is 0.698. The number of benzene rings is 3. The molecule has 0 unspecified atom stereocenters. The van der Waals surface area contributed by atoms with Gasteiger partial charge >= 0.3 is 0 Å². The Morgan fingerprint density at radius 3 is 2.66 bits per heavy atom. The van der Waals surface area contributed by atoms with Gasteiger partial charge in [-0.1, -0.05) is 48.5 Å². The van der Waals surface area contributed by atoms with Crippen LogP contribution in [-0.2, 0) is 0 Å². The quantitative estimate of drug-likeness (QED) is 0.662. The molecule has 1 atom stereocenters. The van der Waals surface area contributed by atoms with Gasteiger partial charge in [0.25, 0.3) is 5.91 Å². The van der Waals surface area contributed by atoms with Crippen LogP contribution in [0.1, 0.15) is 47.3 Å². The summed E-state index contributed by atoms with van der Waals surface area (Å²) in [5.41, 5.74) is 2.74. The van der Waals surface area contributed by atoms with Gasteiger partial charge in [0, 0.05) is 5.56 Å². The monoisotopic (exact) mass is 388 g/mol. The van der Waals surface area contributed by atoms with Crippen molar-refractivity contribution in [1.82, 2.24) is 10.6 Å². The SMILES string of the molecule is Cc1ccc(OC2CCNCC2)cc1C(=O)N[C@H](C)c1cccc2ccccc12. The van der Waals surface area contributed by atoms with Crippen LogP contribution in [0.2, 0.25) is 0 Å². The topological polar surface area (TPSA) is 50.4 Å². The Kier molecular flexibility index (Phi) is 5.81. The number of carbonyl (C=O) groups is 1. The molecule has 1 aliphatic heterocycles. The third-order valence-electron chi connectivity index (χ3n) is 5.68. The van der Waals surface area contributed by atoms with Crippen molar-refractivity contribution in [1.29, 1.82) is 0 Å². The van der Waals surface area contributed by atoms with Crippen molar-refractivity contribution in [2.24, 2.45) is 0 Å². The summed E-state index contributed by atoms with van der Waals surface area (Å²) in [6.07, 6.45) is 2.20. The molecule has 1 amide bonds. The van der Waals surface area contributed by atoms with Gasteiger partial charge in [0.05, 0.1) is 6.04 Å². The fourth-order valence-corrected chi connectivity index (χ4v) is 4.00. The summed E-state index contributed by atoms with van der Waals surface area (Å²) in [7, 11) is 0. The van der Waals surface area contributed by atoms with Gasteiger partial charge in [-0.15, -0.1) is 0 Å². The lowest BCUT2D eigenvalue weighted by Gasteiger charge is -2.24. The molecule has 1 heterocycles. The molecule has 0 aliphatic carbocycles. The minimum Gasteiger partial charge on any atom is -0.490 e. The summed E-state index contributed by atoms with van der Waals surface area (Å²) < 4.78 is 6.13. The maximum atomic E-state index is 13.1. The minimum absolute atomic E-state index is 0.0707. The minimum atomic E-state index is -0.0954. The average molecular weight is 389 g/mol. The molecule has 4 nitrogen and oxygen atoms in total. The van der Waals surface area contributed by atoms with Gasteiger partial charge in [0.15, 0.2) is 0 Å². The summed E-state index contributed by atoms with van der Waals surface area (Å²) in [5, 5.41) is 8.87. The zero-order valence-corrected chi connectivity index (χ0v) is 17.1. The molecule has 0 radical (unpaired) electrons. The number of ether oxygens (including phenoxy) is 1. The Morgan fingerprint density at radius 1 is 1.07 bits per heavy atom. The predicted octanol–water partition coefficient (Wildman–Crippen LogP) is 4.77. The first-order valence-corrected chi connectivity index (χ1v) is 10.4. The fourth-order valence-electron chi connectivity index (χ4n) is 4.00. The van der Waals surface area contributed by atoms with Gasteiger partial charge in [-0.3, -0.25) is 4.79 Å².